The normalized spacial score (nSPS) is 11.3. The second-order valence-electron chi connectivity index (χ2n) is 3.21. The first-order chi connectivity index (χ1) is 9.31. The van der Waals surface area contributed by atoms with Crippen LogP contribution in [0.5, 0.6) is 0 Å². The molecule has 0 heterocycles. The number of anilines is 1. The quantitative estimate of drug-likeness (QED) is 0.297. The fourth-order valence-electron chi connectivity index (χ4n) is 1.07. The van der Waals surface area contributed by atoms with Crippen molar-refractivity contribution in [2.45, 2.75) is 5.67 Å². The molecule has 11 heteroatoms. The number of amides is 2. The minimum atomic E-state index is -4.50. The monoisotopic (exact) mass is 314 g/mol. The number of alkyl halides is 2. The number of carbonyl (C=O) groups is 1. The molecule has 0 aliphatic carbocycles. The van der Waals surface area contributed by atoms with Crippen LogP contribution in [0.3, 0.4) is 0 Å². The van der Waals surface area contributed by atoms with E-state index in [4.69, 9.17) is 5.11 Å². The molecular weight excluding hydrogens is 307 g/mol. The second-order valence-corrected chi connectivity index (χ2v) is 4.31. The molecule has 0 aliphatic heterocycles. The molecule has 2 radical (unpaired) electrons. The van der Waals surface area contributed by atoms with E-state index in [1.54, 1.807) is 0 Å². The largest absolute Gasteiger partial charge is 0.387 e. The molecule has 1 aromatic carbocycles. The van der Waals surface area contributed by atoms with E-state index in [0.29, 0.717) is 0 Å². The molecule has 110 valence electrons. The molecule has 0 saturated heterocycles. The zero-order valence-corrected chi connectivity index (χ0v) is 10.6. The molecule has 0 aromatic heterocycles. The first kappa shape index (κ1) is 16.3. The molecule has 5 nitrogen and oxygen atoms in total. The first-order valence-corrected chi connectivity index (χ1v) is 5.80. The fraction of sp³-hybridized carbons (Fsp3) is 0.222. The lowest BCUT2D eigenvalue weighted by atomic mass is 10.3. The molecule has 0 unspecified atom stereocenters. The standard InChI is InChI=1S/C9H7F5N2O3Si/c10-6-3-1-2-4-7(6)15(13)8(18)16(14)9(11,12)20-19-5-17/h1-4,17H,5H2. The highest BCUT2D eigenvalue weighted by molar-refractivity contribution is 6.31. The van der Waals surface area contributed by atoms with Crippen LogP contribution in [0.1, 0.15) is 0 Å². The molecule has 20 heavy (non-hydrogen) atoms. The van der Waals surface area contributed by atoms with Gasteiger partial charge in [-0.2, -0.15) is 8.78 Å². The molecule has 0 fully saturated rings. The number of benzene rings is 1. The van der Waals surface area contributed by atoms with Crippen LogP contribution in [-0.2, 0) is 4.43 Å². The number of hydrogen-bond acceptors (Lipinski definition) is 3. The predicted octanol–water partition coefficient (Wildman–Crippen LogP) is 1.96. The topological polar surface area (TPSA) is 53.0 Å². The summed E-state index contributed by atoms with van der Waals surface area (Å²) in [4.78, 5) is 11.1. The van der Waals surface area contributed by atoms with Gasteiger partial charge in [0.2, 0.25) is 0 Å². The van der Waals surface area contributed by atoms with Crippen molar-refractivity contribution in [3.63, 3.8) is 0 Å². The maximum absolute atomic E-state index is 13.4. The number of rotatable bonds is 5. The molecule has 0 bridgehead atoms. The lowest BCUT2D eigenvalue weighted by molar-refractivity contribution is -0.152. The number of para-hydroxylation sites is 1. The summed E-state index contributed by atoms with van der Waals surface area (Å²) in [6, 6.07) is 1.36. The molecule has 0 spiro atoms. The number of nitrogens with zero attached hydrogens (tertiary/aromatic N) is 2. The van der Waals surface area contributed by atoms with Crippen molar-refractivity contribution in [3.8, 4) is 0 Å². The van der Waals surface area contributed by atoms with Crippen molar-refractivity contribution in [2.75, 3.05) is 11.9 Å². The highest BCUT2D eigenvalue weighted by Crippen LogP contribution is 2.25. The van der Waals surface area contributed by atoms with E-state index < -0.39 is 50.0 Å². The number of urea groups is 1. The van der Waals surface area contributed by atoms with Gasteiger partial charge in [-0.05, 0) is 12.1 Å². The van der Waals surface area contributed by atoms with E-state index in [9.17, 15) is 26.9 Å². The molecule has 1 aromatic rings. The average molecular weight is 314 g/mol. The molecule has 0 atom stereocenters. The number of hydrogen-bond donors (Lipinski definition) is 1. The summed E-state index contributed by atoms with van der Waals surface area (Å²) in [5, 5.41) is 5.32. The Balaban J connectivity index is 2.86. The van der Waals surface area contributed by atoms with Gasteiger partial charge in [-0.15, -0.1) is 5.12 Å². The third-order valence-electron chi connectivity index (χ3n) is 1.91. The van der Waals surface area contributed by atoms with Gasteiger partial charge < -0.3 is 9.53 Å². The van der Waals surface area contributed by atoms with Crippen LogP contribution in [0.4, 0.5) is 32.6 Å². The lowest BCUT2D eigenvalue weighted by Gasteiger charge is -2.23. The van der Waals surface area contributed by atoms with E-state index in [2.05, 4.69) is 4.43 Å². The van der Waals surface area contributed by atoms with Gasteiger partial charge in [0.1, 0.15) is 18.3 Å². The molecule has 2 amide bonds. The predicted molar refractivity (Wildman–Crippen MR) is 57.2 cm³/mol. The average Bonchev–Trinajstić information content (AvgIpc) is 2.43. The van der Waals surface area contributed by atoms with Gasteiger partial charge in [0, 0.05) is 0 Å². The third-order valence-corrected chi connectivity index (χ3v) is 2.62. The van der Waals surface area contributed by atoms with Crippen molar-refractivity contribution in [1.29, 1.82) is 0 Å². The highest BCUT2D eigenvalue weighted by Gasteiger charge is 2.46. The summed E-state index contributed by atoms with van der Waals surface area (Å²) in [7, 11) is -1.96. The third kappa shape index (κ3) is 3.65. The van der Waals surface area contributed by atoms with Gasteiger partial charge >= 0.3 is 21.5 Å². The van der Waals surface area contributed by atoms with Gasteiger partial charge in [-0.25, -0.2) is 9.18 Å². The molecule has 1 N–H and O–H groups in total. The Hall–Kier alpha value is -1.72. The van der Waals surface area contributed by atoms with Crippen LogP contribution in [0, 0.1) is 5.82 Å². The number of aliphatic hydroxyl groups excluding tert-OH is 1. The van der Waals surface area contributed by atoms with Crippen molar-refractivity contribution >= 4 is 21.5 Å². The van der Waals surface area contributed by atoms with E-state index in [1.165, 1.54) is 0 Å². The van der Waals surface area contributed by atoms with Crippen LogP contribution in [0.2, 0.25) is 0 Å². The Kier molecular flexibility index (Phi) is 5.41. The Morgan fingerprint density at radius 2 is 1.95 bits per heavy atom. The summed E-state index contributed by atoms with van der Waals surface area (Å²) >= 11 is 0. The maximum atomic E-state index is 13.4. The molecular formula is C9H7F5N2O3Si. The van der Waals surface area contributed by atoms with E-state index in [-0.39, 0.29) is 0 Å². The van der Waals surface area contributed by atoms with Gasteiger partial charge in [0.25, 0.3) is 0 Å². The molecule has 0 saturated carbocycles. The summed E-state index contributed by atoms with van der Waals surface area (Å²) < 4.78 is 69.7. The lowest BCUT2D eigenvalue weighted by Crippen LogP contribution is -2.49. The zero-order valence-electron chi connectivity index (χ0n) is 9.56. The number of aliphatic hydroxyl groups is 1. The summed E-state index contributed by atoms with van der Waals surface area (Å²) in [6.07, 6.45) is 0. The van der Waals surface area contributed by atoms with Gasteiger partial charge in [-0.3, -0.25) is 0 Å². The highest BCUT2D eigenvalue weighted by atomic mass is 28.2. The van der Waals surface area contributed by atoms with Crippen LogP contribution in [0.15, 0.2) is 24.3 Å². The van der Waals surface area contributed by atoms with Crippen LogP contribution in [0.25, 0.3) is 0 Å². The Bertz CT molecular complexity index is 479. The summed E-state index contributed by atoms with van der Waals surface area (Å²) in [5.74, 6) is -1.24. The smallest absolute Gasteiger partial charge is 0.386 e. The van der Waals surface area contributed by atoms with Crippen LogP contribution in [-0.4, -0.2) is 38.5 Å². The van der Waals surface area contributed by atoms with Crippen LogP contribution >= 0.6 is 0 Å². The first-order valence-electron chi connectivity index (χ1n) is 4.89. The van der Waals surface area contributed by atoms with E-state index >= 15 is 0 Å². The van der Waals surface area contributed by atoms with Crippen LogP contribution < -0.4 is 5.12 Å². The molecule has 0 aliphatic rings. The van der Waals surface area contributed by atoms with Crippen molar-refractivity contribution in [2.24, 2.45) is 0 Å². The fourth-order valence-corrected chi connectivity index (χ4v) is 1.48. The minimum Gasteiger partial charge on any atom is -0.387 e. The van der Waals surface area contributed by atoms with E-state index in [0.717, 1.165) is 24.3 Å². The minimum absolute atomic E-state index is 0.756. The Labute approximate surface area is 112 Å². The van der Waals surface area contributed by atoms with Gasteiger partial charge in [0.05, 0.1) is 0 Å². The second kappa shape index (κ2) is 6.63. The number of halogens is 5. The number of carbonyl (C=O) groups excluding carboxylic acids is 1. The van der Waals surface area contributed by atoms with Crippen molar-refractivity contribution in [3.05, 3.63) is 30.1 Å². The SMILES string of the molecule is O=C(N(F)c1ccccc1F)N(F)C(F)(F)[Si]OCO. The Morgan fingerprint density at radius 3 is 2.50 bits per heavy atom. The van der Waals surface area contributed by atoms with Gasteiger partial charge in [-0.1, -0.05) is 26.2 Å². The maximum Gasteiger partial charge on any atom is 0.386 e. The summed E-state index contributed by atoms with van der Waals surface area (Å²) in [5.41, 5.74) is -5.53. The van der Waals surface area contributed by atoms with E-state index in [1.807, 2.05) is 0 Å². The Morgan fingerprint density at radius 1 is 1.35 bits per heavy atom. The van der Waals surface area contributed by atoms with Crippen molar-refractivity contribution in [1.82, 2.24) is 5.12 Å². The molecule has 1 rings (SSSR count). The van der Waals surface area contributed by atoms with Crippen molar-refractivity contribution < 1.29 is 36.5 Å². The zero-order chi connectivity index (χ0) is 15.3. The van der Waals surface area contributed by atoms with Gasteiger partial charge in [0.15, 0.2) is 0 Å². The summed E-state index contributed by atoms with van der Waals surface area (Å²) in [6.45, 7) is -1.14.